The van der Waals surface area contributed by atoms with Crippen LogP contribution in [0.1, 0.15) is 43.6 Å². The molecule has 23 heavy (non-hydrogen) atoms. The summed E-state index contributed by atoms with van der Waals surface area (Å²) in [5.74, 6) is -0.654. The van der Waals surface area contributed by atoms with Crippen LogP contribution < -0.4 is 10.6 Å². The van der Waals surface area contributed by atoms with Gasteiger partial charge in [-0.25, -0.2) is 0 Å². The molecule has 0 aromatic heterocycles. The number of Topliss-reactive ketones (excluding diaryl/α,β-unsaturated/α-hetero) is 1. The number of hydrogen-bond acceptors (Lipinski definition) is 3. The fourth-order valence-electron chi connectivity index (χ4n) is 2.25. The van der Waals surface area contributed by atoms with E-state index in [0.717, 1.165) is 5.56 Å². The van der Waals surface area contributed by atoms with Gasteiger partial charge in [-0.15, -0.1) is 0 Å². The van der Waals surface area contributed by atoms with Gasteiger partial charge in [0.1, 0.15) is 0 Å². The molecule has 0 aliphatic carbocycles. The molecule has 2 N–H and O–H groups in total. The first kappa shape index (κ1) is 16.4. The summed E-state index contributed by atoms with van der Waals surface area (Å²) in [4.78, 5) is 35.6. The first-order chi connectivity index (χ1) is 10.9. The Kier molecular flexibility index (Phi) is 4.91. The maximum Gasteiger partial charge on any atom is 0.255 e. The second kappa shape index (κ2) is 6.87. The molecule has 0 saturated carbocycles. The van der Waals surface area contributed by atoms with E-state index in [1.165, 1.54) is 6.92 Å². The third-order valence-corrected chi connectivity index (χ3v) is 3.53. The van der Waals surface area contributed by atoms with Crippen molar-refractivity contribution in [1.29, 1.82) is 0 Å². The Hall–Kier alpha value is -2.95. The van der Waals surface area contributed by atoms with E-state index in [-0.39, 0.29) is 17.6 Å². The number of carbonyl (C=O) groups excluding carboxylic acids is 3. The zero-order chi connectivity index (χ0) is 17.0. The van der Waals surface area contributed by atoms with E-state index in [9.17, 15) is 14.4 Å². The van der Waals surface area contributed by atoms with Crippen LogP contribution in [0.4, 0.5) is 5.69 Å². The molecule has 0 bridgehead atoms. The summed E-state index contributed by atoms with van der Waals surface area (Å²) in [6.45, 7) is 3.28. The van der Waals surface area contributed by atoms with Crippen LogP contribution in [0.5, 0.6) is 0 Å². The van der Waals surface area contributed by atoms with Gasteiger partial charge in [-0.3, -0.25) is 14.4 Å². The van der Waals surface area contributed by atoms with E-state index in [4.69, 9.17) is 0 Å². The largest absolute Gasteiger partial charge is 0.355 e. The number of anilines is 1. The van der Waals surface area contributed by atoms with E-state index in [2.05, 4.69) is 10.6 Å². The molecule has 2 aromatic rings. The van der Waals surface area contributed by atoms with Gasteiger partial charge in [0.05, 0.1) is 11.3 Å². The lowest BCUT2D eigenvalue weighted by Gasteiger charge is -2.12. The van der Waals surface area contributed by atoms with Crippen LogP contribution >= 0.6 is 0 Å². The highest BCUT2D eigenvalue weighted by Crippen LogP contribution is 2.20. The van der Waals surface area contributed by atoms with E-state index in [1.807, 2.05) is 13.0 Å². The van der Waals surface area contributed by atoms with Crippen molar-refractivity contribution < 1.29 is 14.4 Å². The van der Waals surface area contributed by atoms with E-state index in [0.29, 0.717) is 22.4 Å². The Morgan fingerprint density at radius 2 is 1.48 bits per heavy atom. The molecule has 0 spiro atoms. The zero-order valence-electron chi connectivity index (χ0n) is 13.3. The fraction of sp³-hybridized carbons (Fsp3) is 0.167. The average Bonchev–Trinajstić information content (AvgIpc) is 2.54. The standard InChI is InChI=1S/C18H18N2O3/c1-11-5-4-6-15(16(11)18(23)19-3)20-17(22)14-9-7-13(8-10-14)12(2)21/h4-10H,1-3H3,(H,19,23)(H,20,22). The van der Waals surface area contributed by atoms with E-state index < -0.39 is 0 Å². The molecule has 5 heteroatoms. The SMILES string of the molecule is CNC(=O)c1c(C)cccc1NC(=O)c1ccc(C(C)=O)cc1. The van der Waals surface area contributed by atoms with Crippen molar-refractivity contribution in [2.75, 3.05) is 12.4 Å². The minimum absolute atomic E-state index is 0.0578. The number of aryl methyl sites for hydroxylation is 1. The van der Waals surface area contributed by atoms with Crippen molar-refractivity contribution in [3.05, 3.63) is 64.7 Å². The maximum absolute atomic E-state index is 12.3. The molecule has 118 valence electrons. The van der Waals surface area contributed by atoms with Crippen LogP contribution in [0.25, 0.3) is 0 Å². The minimum Gasteiger partial charge on any atom is -0.355 e. The summed E-state index contributed by atoms with van der Waals surface area (Å²) in [5.41, 5.74) is 2.62. The highest BCUT2D eigenvalue weighted by molar-refractivity contribution is 6.09. The molecule has 2 aromatic carbocycles. The highest BCUT2D eigenvalue weighted by Gasteiger charge is 2.15. The lowest BCUT2D eigenvalue weighted by Crippen LogP contribution is -2.22. The maximum atomic E-state index is 12.3. The van der Waals surface area contributed by atoms with Crippen LogP contribution in [0.15, 0.2) is 42.5 Å². The molecule has 5 nitrogen and oxygen atoms in total. The van der Waals surface area contributed by atoms with Gasteiger partial charge in [-0.1, -0.05) is 24.3 Å². The average molecular weight is 310 g/mol. The van der Waals surface area contributed by atoms with Gasteiger partial charge in [0, 0.05) is 18.2 Å². The molecule has 0 fully saturated rings. The lowest BCUT2D eigenvalue weighted by atomic mass is 10.0. The van der Waals surface area contributed by atoms with E-state index >= 15 is 0 Å². The van der Waals surface area contributed by atoms with Gasteiger partial charge in [-0.2, -0.15) is 0 Å². The summed E-state index contributed by atoms with van der Waals surface area (Å²) in [5, 5.41) is 5.31. The molecule has 0 atom stereocenters. The number of benzene rings is 2. The van der Waals surface area contributed by atoms with Crippen LogP contribution in [0.3, 0.4) is 0 Å². The van der Waals surface area contributed by atoms with Gasteiger partial charge >= 0.3 is 0 Å². The molecule has 2 amide bonds. The van der Waals surface area contributed by atoms with Crippen molar-refractivity contribution in [3.8, 4) is 0 Å². The molecule has 0 heterocycles. The number of nitrogens with one attached hydrogen (secondary N) is 2. The second-order valence-electron chi connectivity index (χ2n) is 5.16. The smallest absolute Gasteiger partial charge is 0.255 e. The number of rotatable bonds is 4. The summed E-state index contributed by atoms with van der Waals surface area (Å²) in [7, 11) is 1.54. The number of ketones is 1. The molecule has 0 radical (unpaired) electrons. The van der Waals surface area contributed by atoms with Crippen LogP contribution in [0.2, 0.25) is 0 Å². The Morgan fingerprint density at radius 1 is 0.870 bits per heavy atom. The Balaban J connectivity index is 2.28. The zero-order valence-corrected chi connectivity index (χ0v) is 13.3. The molecule has 0 saturated heterocycles. The predicted octanol–water partition coefficient (Wildman–Crippen LogP) is 2.81. The van der Waals surface area contributed by atoms with Crippen molar-refractivity contribution in [2.45, 2.75) is 13.8 Å². The first-order valence-electron chi connectivity index (χ1n) is 7.18. The second-order valence-corrected chi connectivity index (χ2v) is 5.16. The molecular weight excluding hydrogens is 292 g/mol. The first-order valence-corrected chi connectivity index (χ1v) is 7.18. The number of hydrogen-bond donors (Lipinski definition) is 2. The van der Waals surface area contributed by atoms with Gasteiger partial charge in [0.25, 0.3) is 11.8 Å². The lowest BCUT2D eigenvalue weighted by molar-refractivity contribution is 0.0962. The van der Waals surface area contributed by atoms with Gasteiger partial charge < -0.3 is 10.6 Å². The van der Waals surface area contributed by atoms with Crippen molar-refractivity contribution in [3.63, 3.8) is 0 Å². The van der Waals surface area contributed by atoms with E-state index in [1.54, 1.807) is 43.4 Å². The summed E-state index contributed by atoms with van der Waals surface area (Å²) >= 11 is 0. The van der Waals surface area contributed by atoms with Gasteiger partial charge in [-0.05, 0) is 37.6 Å². The summed E-state index contributed by atoms with van der Waals surface area (Å²) in [6, 6.07) is 11.6. The topological polar surface area (TPSA) is 75.3 Å². The quantitative estimate of drug-likeness (QED) is 0.853. The van der Waals surface area contributed by atoms with Gasteiger partial charge in [0.2, 0.25) is 0 Å². The Morgan fingerprint density at radius 3 is 2.04 bits per heavy atom. The highest BCUT2D eigenvalue weighted by atomic mass is 16.2. The summed E-state index contributed by atoms with van der Waals surface area (Å²) < 4.78 is 0. The molecular formula is C18H18N2O3. The number of amides is 2. The van der Waals surface area contributed by atoms with Crippen molar-refractivity contribution >= 4 is 23.3 Å². The Labute approximate surface area is 134 Å². The fourth-order valence-corrected chi connectivity index (χ4v) is 2.25. The normalized spacial score (nSPS) is 10.0. The van der Waals surface area contributed by atoms with Crippen LogP contribution in [-0.4, -0.2) is 24.6 Å². The van der Waals surface area contributed by atoms with Crippen LogP contribution in [-0.2, 0) is 0 Å². The molecule has 0 aliphatic heterocycles. The molecule has 0 unspecified atom stereocenters. The van der Waals surface area contributed by atoms with Crippen molar-refractivity contribution in [2.24, 2.45) is 0 Å². The molecule has 0 aliphatic rings. The summed E-state index contributed by atoms with van der Waals surface area (Å²) in [6.07, 6.45) is 0. The number of carbonyl (C=O) groups is 3. The Bertz CT molecular complexity index is 764. The third-order valence-electron chi connectivity index (χ3n) is 3.53. The predicted molar refractivity (Wildman–Crippen MR) is 89.0 cm³/mol. The molecule has 2 rings (SSSR count). The van der Waals surface area contributed by atoms with Crippen molar-refractivity contribution in [1.82, 2.24) is 5.32 Å². The third kappa shape index (κ3) is 3.63. The monoisotopic (exact) mass is 310 g/mol. The van der Waals surface area contributed by atoms with Crippen LogP contribution in [0, 0.1) is 6.92 Å². The van der Waals surface area contributed by atoms with Gasteiger partial charge in [0.15, 0.2) is 5.78 Å². The minimum atomic E-state index is -0.337.